The molecule has 23 heavy (non-hydrogen) atoms. The summed E-state index contributed by atoms with van der Waals surface area (Å²) >= 11 is 2.57. The predicted octanol–water partition coefficient (Wildman–Crippen LogP) is 4.32. The molecule has 2 fully saturated rings. The van der Waals surface area contributed by atoms with E-state index in [0.29, 0.717) is 18.0 Å². The van der Waals surface area contributed by atoms with Crippen LogP contribution in [0.4, 0.5) is 8.78 Å². The maximum Gasteiger partial charge on any atom is 0.102 e. The molecule has 1 aliphatic carbocycles. The van der Waals surface area contributed by atoms with Gasteiger partial charge in [0, 0.05) is 29.0 Å². The summed E-state index contributed by atoms with van der Waals surface area (Å²) in [5, 5.41) is 0. The molecule has 1 spiro atoms. The highest BCUT2D eigenvalue weighted by molar-refractivity contribution is 14.1. The molecule has 0 aromatic heterocycles. The molecule has 2 rings (SSSR count). The molecular weight excluding hydrogens is 409 g/mol. The van der Waals surface area contributed by atoms with E-state index < -0.39 is 0 Å². The third-order valence-electron chi connectivity index (χ3n) is 5.89. The molecule has 1 saturated carbocycles. The van der Waals surface area contributed by atoms with Crippen molar-refractivity contribution in [2.75, 3.05) is 46.1 Å². The van der Waals surface area contributed by atoms with Crippen LogP contribution in [0.1, 0.15) is 46.0 Å². The molecular formula is C18H33F2IN2. The van der Waals surface area contributed by atoms with Gasteiger partial charge in [0.05, 0.1) is 6.67 Å². The minimum Gasteiger partial charge on any atom is -0.303 e. The van der Waals surface area contributed by atoms with Gasteiger partial charge in [-0.25, -0.2) is 4.39 Å². The zero-order valence-electron chi connectivity index (χ0n) is 14.7. The molecule has 0 amide bonds. The molecule has 1 unspecified atom stereocenters. The van der Waals surface area contributed by atoms with E-state index in [4.69, 9.17) is 0 Å². The van der Waals surface area contributed by atoms with Gasteiger partial charge in [-0.3, -0.25) is 9.29 Å². The first-order chi connectivity index (χ1) is 11.0. The number of nitrogens with zero attached hydrogens (tertiary/aromatic N) is 2. The Balaban J connectivity index is 1.70. The second-order valence-corrected chi connectivity index (χ2v) is 9.70. The molecule has 1 heterocycles. The van der Waals surface area contributed by atoms with Crippen LogP contribution in [-0.4, -0.2) is 65.8 Å². The number of hydrogen-bond donors (Lipinski definition) is 0. The second-order valence-electron chi connectivity index (χ2n) is 7.93. The Morgan fingerprint density at radius 3 is 2.30 bits per heavy atom. The van der Waals surface area contributed by atoms with Crippen LogP contribution < -0.4 is 0 Å². The topological polar surface area (TPSA) is 6.48 Å². The van der Waals surface area contributed by atoms with Gasteiger partial charge in [0.1, 0.15) is 6.67 Å². The fourth-order valence-corrected chi connectivity index (χ4v) is 6.03. The highest BCUT2D eigenvalue weighted by Gasteiger charge is 2.44. The van der Waals surface area contributed by atoms with Gasteiger partial charge in [0.25, 0.3) is 0 Å². The summed E-state index contributed by atoms with van der Waals surface area (Å²) in [7, 11) is 0. The molecule has 0 aromatic rings. The maximum absolute atomic E-state index is 13.4. The van der Waals surface area contributed by atoms with E-state index in [1.807, 2.05) is 0 Å². The SMILES string of the molecule is CC(C)N(CCF)CCC(CF)CN1CCC2(CC1)CC(I)C2. The molecule has 1 aliphatic heterocycles. The van der Waals surface area contributed by atoms with Gasteiger partial charge in [-0.05, 0) is 71.0 Å². The monoisotopic (exact) mass is 442 g/mol. The summed E-state index contributed by atoms with van der Waals surface area (Å²) in [6.07, 6.45) is 6.21. The quantitative estimate of drug-likeness (QED) is 0.388. The summed E-state index contributed by atoms with van der Waals surface area (Å²) in [5.41, 5.74) is 0.628. The molecule has 2 nitrogen and oxygen atoms in total. The molecule has 0 N–H and O–H groups in total. The second kappa shape index (κ2) is 9.27. The molecule has 5 heteroatoms. The van der Waals surface area contributed by atoms with Crippen LogP contribution in [0.2, 0.25) is 0 Å². The molecule has 1 atom stereocenters. The van der Waals surface area contributed by atoms with E-state index in [9.17, 15) is 8.78 Å². The zero-order chi connectivity index (χ0) is 16.9. The third kappa shape index (κ3) is 5.77. The number of halogens is 3. The molecule has 2 aliphatic rings. The Labute approximate surface area is 154 Å². The van der Waals surface area contributed by atoms with E-state index in [-0.39, 0.29) is 19.3 Å². The summed E-state index contributed by atoms with van der Waals surface area (Å²) in [6, 6.07) is 0.334. The van der Waals surface area contributed by atoms with Gasteiger partial charge in [-0.1, -0.05) is 22.6 Å². The van der Waals surface area contributed by atoms with Crippen LogP contribution in [0.25, 0.3) is 0 Å². The van der Waals surface area contributed by atoms with Gasteiger partial charge in [0.15, 0.2) is 0 Å². The number of piperidine rings is 1. The first-order valence-electron chi connectivity index (χ1n) is 9.20. The molecule has 0 aromatic carbocycles. The van der Waals surface area contributed by atoms with E-state index in [0.717, 1.165) is 36.5 Å². The van der Waals surface area contributed by atoms with Crippen molar-refractivity contribution >= 4 is 22.6 Å². The van der Waals surface area contributed by atoms with Gasteiger partial charge in [0.2, 0.25) is 0 Å². The smallest absolute Gasteiger partial charge is 0.102 e. The number of likely N-dealkylation sites (tertiary alicyclic amines) is 1. The van der Waals surface area contributed by atoms with Crippen LogP contribution in [0.15, 0.2) is 0 Å². The van der Waals surface area contributed by atoms with Gasteiger partial charge in [-0.2, -0.15) is 0 Å². The normalized spacial score (nSPS) is 23.6. The maximum atomic E-state index is 13.4. The van der Waals surface area contributed by atoms with Crippen molar-refractivity contribution in [3.63, 3.8) is 0 Å². The molecule has 0 radical (unpaired) electrons. The first kappa shape index (κ1) is 19.8. The summed E-state index contributed by atoms with van der Waals surface area (Å²) < 4.78 is 26.9. The predicted molar refractivity (Wildman–Crippen MR) is 102 cm³/mol. The summed E-state index contributed by atoms with van der Waals surface area (Å²) in [6.45, 7) is 8.04. The fourth-order valence-electron chi connectivity index (χ4n) is 4.17. The Morgan fingerprint density at radius 1 is 1.17 bits per heavy atom. The Kier molecular flexibility index (Phi) is 8.00. The number of rotatable bonds is 9. The standard InChI is InChI=1S/C18H33F2IN2/c1-15(2)23(10-6-19)7-3-16(13-20)14-22-8-4-18(5-9-22)11-17(21)12-18/h15-17H,3-14H2,1-2H3. The van der Waals surface area contributed by atoms with Crippen LogP contribution in [0, 0.1) is 11.3 Å². The highest BCUT2D eigenvalue weighted by atomic mass is 127. The average molecular weight is 442 g/mol. The van der Waals surface area contributed by atoms with Crippen molar-refractivity contribution < 1.29 is 8.78 Å². The average Bonchev–Trinajstić information content (AvgIpc) is 2.50. The number of hydrogen-bond acceptors (Lipinski definition) is 2. The largest absolute Gasteiger partial charge is 0.303 e. The fraction of sp³-hybridized carbons (Fsp3) is 1.00. The lowest BCUT2D eigenvalue weighted by molar-refractivity contribution is 0.0325. The van der Waals surface area contributed by atoms with E-state index in [1.165, 1.54) is 25.7 Å². The van der Waals surface area contributed by atoms with Gasteiger partial charge < -0.3 is 4.90 Å². The van der Waals surface area contributed by atoms with Crippen LogP contribution >= 0.6 is 22.6 Å². The van der Waals surface area contributed by atoms with Gasteiger partial charge >= 0.3 is 0 Å². The minimum atomic E-state index is -0.315. The van der Waals surface area contributed by atoms with Crippen LogP contribution in [-0.2, 0) is 0 Å². The highest BCUT2D eigenvalue weighted by Crippen LogP contribution is 2.52. The Hall–Kier alpha value is 0.510. The van der Waals surface area contributed by atoms with E-state index in [2.05, 4.69) is 46.2 Å². The van der Waals surface area contributed by atoms with Crippen LogP contribution in [0.5, 0.6) is 0 Å². The Morgan fingerprint density at radius 2 is 1.83 bits per heavy atom. The Bertz CT molecular complexity index is 338. The van der Waals surface area contributed by atoms with Crippen LogP contribution in [0.3, 0.4) is 0 Å². The van der Waals surface area contributed by atoms with Crippen molar-refractivity contribution in [2.24, 2.45) is 11.3 Å². The van der Waals surface area contributed by atoms with Crippen molar-refractivity contribution in [3.8, 4) is 0 Å². The summed E-state index contributed by atoms with van der Waals surface area (Å²) in [5.74, 6) is 0.101. The van der Waals surface area contributed by atoms with Crippen molar-refractivity contribution in [2.45, 2.75) is 55.9 Å². The lowest BCUT2D eigenvalue weighted by Gasteiger charge is -2.51. The van der Waals surface area contributed by atoms with E-state index >= 15 is 0 Å². The van der Waals surface area contributed by atoms with E-state index in [1.54, 1.807) is 0 Å². The number of alkyl halides is 3. The van der Waals surface area contributed by atoms with Gasteiger partial charge in [-0.15, -0.1) is 0 Å². The minimum absolute atomic E-state index is 0.101. The lowest BCUT2D eigenvalue weighted by atomic mass is 9.63. The molecule has 0 bridgehead atoms. The van der Waals surface area contributed by atoms with Crippen molar-refractivity contribution in [1.29, 1.82) is 0 Å². The summed E-state index contributed by atoms with van der Waals surface area (Å²) in [4.78, 5) is 4.59. The molecule has 136 valence electrons. The molecule has 1 saturated heterocycles. The van der Waals surface area contributed by atoms with Crippen molar-refractivity contribution in [3.05, 3.63) is 0 Å². The lowest BCUT2D eigenvalue weighted by Crippen LogP contribution is -2.48. The third-order valence-corrected chi connectivity index (χ3v) is 6.77. The zero-order valence-corrected chi connectivity index (χ0v) is 16.9. The van der Waals surface area contributed by atoms with Crippen molar-refractivity contribution in [1.82, 2.24) is 9.80 Å². The first-order valence-corrected chi connectivity index (χ1v) is 10.4.